The van der Waals surface area contributed by atoms with Crippen molar-refractivity contribution >= 4 is 26.5 Å². The summed E-state index contributed by atoms with van der Waals surface area (Å²) in [6.45, 7) is 9.07. The molecular weight excluding hydrogens is 523 g/mol. The third-order valence-electron chi connectivity index (χ3n) is 2.89. The zero-order chi connectivity index (χ0) is 21.8. The van der Waals surface area contributed by atoms with Crippen LogP contribution in [0.5, 0.6) is 0 Å². The smallest absolute Gasteiger partial charge is 0.159 e. The van der Waals surface area contributed by atoms with Crippen molar-refractivity contribution in [3.63, 3.8) is 0 Å². The van der Waals surface area contributed by atoms with Gasteiger partial charge < -0.3 is 0 Å². The van der Waals surface area contributed by atoms with Gasteiger partial charge in [-0.2, -0.15) is 26.3 Å². The third kappa shape index (κ3) is 18.8. The summed E-state index contributed by atoms with van der Waals surface area (Å²) in [7, 11) is 0.209. The average molecular weight is 545 g/mol. The molecular formula is C20H22F6P2Pd. The molecule has 0 amide bonds. The third-order valence-corrected chi connectivity index (χ3v) is 5.55. The number of halogens is 6. The average Bonchev–Trinajstić information content (AvgIpc) is 2.61. The molecule has 9 heteroatoms. The molecule has 0 spiro atoms. The topological polar surface area (TPSA) is 0 Å². The first kappa shape index (κ1) is 30.3. The number of alkyl halides is 6. The molecule has 29 heavy (non-hydrogen) atoms. The molecule has 0 aliphatic carbocycles. The van der Waals surface area contributed by atoms with Crippen molar-refractivity contribution in [1.82, 2.24) is 0 Å². The molecule has 0 unspecified atom stereocenters. The minimum absolute atomic E-state index is 0. The molecule has 0 aromatic heterocycles. The van der Waals surface area contributed by atoms with Gasteiger partial charge in [-0.1, -0.05) is 76.5 Å². The van der Waals surface area contributed by atoms with Crippen LogP contribution in [-0.4, -0.2) is 39.0 Å². The van der Waals surface area contributed by atoms with Crippen LogP contribution in [0, 0.1) is 11.8 Å². The van der Waals surface area contributed by atoms with E-state index in [1.165, 1.54) is 10.6 Å². The van der Waals surface area contributed by atoms with Crippen LogP contribution in [0.15, 0.2) is 60.7 Å². The van der Waals surface area contributed by atoms with E-state index in [2.05, 4.69) is 87.3 Å². The van der Waals surface area contributed by atoms with Crippen molar-refractivity contribution in [2.75, 3.05) is 26.7 Å². The zero-order valence-electron chi connectivity index (χ0n) is 16.3. The van der Waals surface area contributed by atoms with Crippen molar-refractivity contribution in [2.24, 2.45) is 0 Å². The Labute approximate surface area is 184 Å². The summed E-state index contributed by atoms with van der Waals surface area (Å²) in [5.74, 6) is 0.174. The summed E-state index contributed by atoms with van der Waals surface area (Å²) in [6.07, 6.45) is -10.1. The van der Waals surface area contributed by atoms with Crippen LogP contribution in [0.1, 0.15) is 0 Å². The molecule has 0 bridgehead atoms. The van der Waals surface area contributed by atoms with Crippen LogP contribution in [-0.2, 0) is 20.4 Å². The van der Waals surface area contributed by atoms with E-state index in [1.54, 1.807) is 0 Å². The van der Waals surface area contributed by atoms with Gasteiger partial charge in [0, 0.05) is 32.3 Å². The number of hydrogen-bond acceptors (Lipinski definition) is 0. The van der Waals surface area contributed by atoms with E-state index in [4.69, 9.17) is 0 Å². The first-order chi connectivity index (χ1) is 12.8. The maximum atomic E-state index is 10.9. The summed E-state index contributed by atoms with van der Waals surface area (Å²) >= 11 is 0. The van der Waals surface area contributed by atoms with Gasteiger partial charge in [0.1, 0.15) is 0 Å². The first-order valence-electron chi connectivity index (χ1n) is 7.94. The Hall–Kier alpha value is -0.898. The largest absolute Gasteiger partial charge is 0.457 e. The van der Waals surface area contributed by atoms with Crippen LogP contribution in [0.25, 0.3) is 0 Å². The van der Waals surface area contributed by atoms with Gasteiger partial charge in [-0.05, 0) is 37.3 Å². The quantitative estimate of drug-likeness (QED) is 0.182. The normalized spacial score (nSPS) is 10.5. The predicted octanol–water partition coefficient (Wildman–Crippen LogP) is 6.22. The Kier molecular flexibility index (Phi) is 15.7. The maximum Gasteiger partial charge on any atom is 0.457 e. The molecule has 2 rings (SSSR count). The van der Waals surface area contributed by atoms with Gasteiger partial charge in [-0.3, -0.25) is 0 Å². The van der Waals surface area contributed by atoms with Crippen molar-refractivity contribution < 1.29 is 46.8 Å². The molecule has 2 aromatic rings. The van der Waals surface area contributed by atoms with Gasteiger partial charge in [0.25, 0.3) is 0 Å². The molecule has 0 fully saturated rings. The van der Waals surface area contributed by atoms with Crippen LogP contribution in [0.4, 0.5) is 26.3 Å². The fourth-order valence-electron chi connectivity index (χ4n) is 1.59. The zero-order valence-corrected chi connectivity index (χ0v) is 19.6. The minimum atomic E-state index is -5.07. The Morgan fingerprint density at radius 2 is 0.793 bits per heavy atom. The fraction of sp³-hybridized carbons (Fsp3) is 0.300. The van der Waals surface area contributed by atoms with Gasteiger partial charge in [-0.25, -0.2) is 0 Å². The molecule has 0 aliphatic rings. The number of benzene rings is 2. The van der Waals surface area contributed by atoms with E-state index >= 15 is 0 Å². The van der Waals surface area contributed by atoms with Crippen molar-refractivity contribution in [1.29, 1.82) is 0 Å². The second-order valence-electron chi connectivity index (χ2n) is 5.71. The standard InChI is InChI=1S/2C8H11P.C4F6.Pd/c2*1-9(2)8-6-4-3-5-7-8;5-3(6,7)1-2-4(8,9)10;/h2*3-7H,1-2H3;;. The molecule has 0 aliphatic heterocycles. The first-order valence-corrected chi connectivity index (χ1v) is 12.4. The van der Waals surface area contributed by atoms with E-state index in [0.717, 1.165) is 0 Å². The van der Waals surface area contributed by atoms with Crippen LogP contribution < -0.4 is 10.6 Å². The van der Waals surface area contributed by atoms with Crippen LogP contribution in [0.2, 0.25) is 0 Å². The monoisotopic (exact) mass is 544 g/mol. The number of hydrogen-bond donors (Lipinski definition) is 0. The second-order valence-corrected chi connectivity index (χ2v) is 10.3. The molecule has 0 N–H and O–H groups in total. The van der Waals surface area contributed by atoms with Gasteiger partial charge in [0.2, 0.25) is 0 Å². The molecule has 0 heterocycles. The van der Waals surface area contributed by atoms with Crippen LogP contribution in [0.3, 0.4) is 0 Å². The van der Waals surface area contributed by atoms with Gasteiger partial charge in [-0.15, -0.1) is 0 Å². The predicted molar refractivity (Wildman–Crippen MR) is 110 cm³/mol. The summed E-state index contributed by atoms with van der Waals surface area (Å²) in [6, 6.07) is 21.2. The van der Waals surface area contributed by atoms with E-state index in [1.807, 2.05) is 0 Å². The molecule has 0 nitrogen and oxygen atoms in total. The van der Waals surface area contributed by atoms with Gasteiger partial charge >= 0.3 is 12.4 Å². The molecule has 2 aromatic carbocycles. The molecule has 164 valence electrons. The van der Waals surface area contributed by atoms with E-state index in [9.17, 15) is 26.3 Å². The summed E-state index contributed by atoms with van der Waals surface area (Å²) in [4.78, 5) is 0. The Morgan fingerprint density at radius 1 is 0.552 bits per heavy atom. The van der Waals surface area contributed by atoms with Gasteiger partial charge in [0.15, 0.2) is 0 Å². The molecule has 0 saturated carbocycles. The van der Waals surface area contributed by atoms with Crippen LogP contribution >= 0.6 is 15.8 Å². The fourth-order valence-corrected chi connectivity index (χ4v) is 3.13. The molecule has 0 radical (unpaired) electrons. The Balaban J connectivity index is 0. The van der Waals surface area contributed by atoms with E-state index < -0.39 is 12.4 Å². The van der Waals surface area contributed by atoms with Crippen molar-refractivity contribution in [3.8, 4) is 11.8 Å². The Bertz CT molecular complexity index is 656. The molecule has 0 atom stereocenters. The summed E-state index contributed by atoms with van der Waals surface area (Å²) < 4.78 is 65.5. The summed E-state index contributed by atoms with van der Waals surface area (Å²) in [5.41, 5.74) is 0. The molecule has 0 saturated heterocycles. The maximum absolute atomic E-state index is 10.9. The minimum Gasteiger partial charge on any atom is -0.159 e. The van der Waals surface area contributed by atoms with Crippen molar-refractivity contribution in [3.05, 3.63) is 60.7 Å². The SMILES string of the molecule is CP(C)c1ccccc1.CP(C)c1ccccc1.FC(F)(F)C#CC(F)(F)F.[Pd]. The van der Waals surface area contributed by atoms with E-state index in [-0.39, 0.29) is 48.1 Å². The second kappa shape index (κ2) is 15.0. The van der Waals surface area contributed by atoms with Crippen molar-refractivity contribution in [2.45, 2.75) is 12.4 Å². The Morgan fingerprint density at radius 3 is 0.931 bits per heavy atom. The summed E-state index contributed by atoms with van der Waals surface area (Å²) in [5, 5.41) is 2.96. The van der Waals surface area contributed by atoms with Gasteiger partial charge in [0.05, 0.1) is 0 Å². The van der Waals surface area contributed by atoms with E-state index in [0.29, 0.717) is 0 Å². The number of rotatable bonds is 2.